The summed E-state index contributed by atoms with van der Waals surface area (Å²) in [5.41, 5.74) is 1.37. The van der Waals surface area contributed by atoms with Crippen LogP contribution in [-0.4, -0.2) is 19.2 Å². The Bertz CT molecular complexity index is 364. The van der Waals surface area contributed by atoms with Gasteiger partial charge in [-0.25, -0.2) is 0 Å². The molecule has 3 unspecified atom stereocenters. The molecule has 2 heteroatoms. The number of para-hydroxylation sites is 1. The van der Waals surface area contributed by atoms with Crippen LogP contribution in [0.5, 0.6) is 5.75 Å². The molecular formula is C15H23NO. The van der Waals surface area contributed by atoms with Crippen molar-refractivity contribution in [3.63, 3.8) is 0 Å². The molecule has 1 aromatic rings. The van der Waals surface area contributed by atoms with Gasteiger partial charge in [0.25, 0.3) is 0 Å². The normalized spacial score (nSPS) is 21.7. The Morgan fingerprint density at radius 2 is 2.12 bits per heavy atom. The van der Waals surface area contributed by atoms with E-state index in [4.69, 9.17) is 4.74 Å². The fraction of sp³-hybridized carbons (Fsp3) is 0.600. The first-order valence-electron chi connectivity index (χ1n) is 6.73. The zero-order valence-corrected chi connectivity index (χ0v) is 11.1. The van der Waals surface area contributed by atoms with Crippen LogP contribution >= 0.6 is 0 Å². The van der Waals surface area contributed by atoms with Crippen LogP contribution in [0, 0.1) is 5.92 Å². The van der Waals surface area contributed by atoms with E-state index < -0.39 is 0 Å². The average molecular weight is 233 g/mol. The molecule has 0 saturated carbocycles. The van der Waals surface area contributed by atoms with Gasteiger partial charge in [0.2, 0.25) is 0 Å². The Morgan fingerprint density at radius 3 is 2.82 bits per heavy atom. The third-order valence-corrected chi connectivity index (χ3v) is 3.87. The molecule has 1 aromatic carbocycles. The molecule has 0 spiro atoms. The van der Waals surface area contributed by atoms with Crippen molar-refractivity contribution in [1.82, 2.24) is 5.32 Å². The molecule has 2 rings (SSSR count). The van der Waals surface area contributed by atoms with Gasteiger partial charge in [-0.3, -0.25) is 0 Å². The molecule has 0 aliphatic carbocycles. The van der Waals surface area contributed by atoms with Gasteiger partial charge < -0.3 is 10.1 Å². The van der Waals surface area contributed by atoms with Crippen LogP contribution < -0.4 is 10.1 Å². The highest BCUT2D eigenvalue weighted by atomic mass is 16.5. The molecule has 0 bridgehead atoms. The molecule has 17 heavy (non-hydrogen) atoms. The lowest BCUT2D eigenvalue weighted by molar-refractivity contribution is 0.259. The van der Waals surface area contributed by atoms with Crippen molar-refractivity contribution in [1.29, 1.82) is 0 Å². The first-order chi connectivity index (χ1) is 8.27. The molecule has 1 heterocycles. The first-order valence-corrected chi connectivity index (χ1v) is 6.73. The van der Waals surface area contributed by atoms with Gasteiger partial charge in [-0.15, -0.1) is 0 Å². The molecule has 94 valence electrons. The molecular weight excluding hydrogens is 210 g/mol. The van der Waals surface area contributed by atoms with E-state index in [9.17, 15) is 0 Å². The molecule has 0 saturated heterocycles. The standard InChI is InChI=1S/C15H23NO/c1-4-11(3)15(16-5-2)13-10-17-14-9-7-6-8-12(13)14/h6-9,11,13,15-16H,4-5,10H2,1-3H3. The number of nitrogens with one attached hydrogen (secondary N) is 1. The molecule has 1 N–H and O–H groups in total. The van der Waals surface area contributed by atoms with Gasteiger partial charge in [0.15, 0.2) is 0 Å². The number of benzene rings is 1. The maximum atomic E-state index is 5.79. The number of ether oxygens (including phenoxy) is 1. The maximum absolute atomic E-state index is 5.79. The van der Waals surface area contributed by atoms with E-state index in [2.05, 4.69) is 44.3 Å². The summed E-state index contributed by atoms with van der Waals surface area (Å²) in [6, 6.07) is 8.97. The second-order valence-electron chi connectivity index (χ2n) is 4.92. The van der Waals surface area contributed by atoms with Gasteiger partial charge in [0, 0.05) is 17.5 Å². The van der Waals surface area contributed by atoms with Gasteiger partial charge >= 0.3 is 0 Å². The predicted octanol–water partition coefficient (Wildman–Crippen LogP) is 3.19. The maximum Gasteiger partial charge on any atom is 0.122 e. The largest absolute Gasteiger partial charge is 0.493 e. The van der Waals surface area contributed by atoms with E-state index >= 15 is 0 Å². The number of rotatable bonds is 5. The Kier molecular flexibility index (Phi) is 4.06. The van der Waals surface area contributed by atoms with Crippen molar-refractivity contribution in [3.8, 4) is 5.75 Å². The van der Waals surface area contributed by atoms with Crippen molar-refractivity contribution >= 4 is 0 Å². The summed E-state index contributed by atoms with van der Waals surface area (Å²) >= 11 is 0. The third-order valence-electron chi connectivity index (χ3n) is 3.87. The SMILES string of the molecule is CCNC(C(C)CC)C1COc2ccccc21. The summed E-state index contributed by atoms with van der Waals surface area (Å²) in [5.74, 6) is 2.25. The molecule has 1 aliphatic heterocycles. The fourth-order valence-electron chi connectivity index (χ4n) is 2.71. The monoisotopic (exact) mass is 233 g/mol. The predicted molar refractivity (Wildman–Crippen MR) is 71.6 cm³/mol. The van der Waals surface area contributed by atoms with E-state index in [0.29, 0.717) is 17.9 Å². The fourth-order valence-corrected chi connectivity index (χ4v) is 2.71. The Balaban J connectivity index is 2.21. The summed E-state index contributed by atoms with van der Waals surface area (Å²) in [4.78, 5) is 0. The molecule has 0 amide bonds. The van der Waals surface area contributed by atoms with Crippen LogP contribution in [0.15, 0.2) is 24.3 Å². The zero-order valence-electron chi connectivity index (χ0n) is 11.1. The molecule has 3 atom stereocenters. The van der Waals surface area contributed by atoms with E-state index in [-0.39, 0.29) is 0 Å². The van der Waals surface area contributed by atoms with Crippen LogP contribution in [-0.2, 0) is 0 Å². The van der Waals surface area contributed by atoms with Crippen LogP contribution in [0.1, 0.15) is 38.7 Å². The Morgan fingerprint density at radius 1 is 1.35 bits per heavy atom. The Hall–Kier alpha value is -1.02. The van der Waals surface area contributed by atoms with Gasteiger partial charge in [-0.05, 0) is 18.5 Å². The van der Waals surface area contributed by atoms with Crippen LogP contribution in [0.4, 0.5) is 0 Å². The van der Waals surface area contributed by atoms with Crippen LogP contribution in [0.25, 0.3) is 0 Å². The zero-order chi connectivity index (χ0) is 12.3. The van der Waals surface area contributed by atoms with Crippen molar-refractivity contribution in [3.05, 3.63) is 29.8 Å². The second-order valence-corrected chi connectivity index (χ2v) is 4.92. The quantitative estimate of drug-likeness (QED) is 0.843. The van der Waals surface area contributed by atoms with E-state index in [1.54, 1.807) is 0 Å². The summed E-state index contributed by atoms with van der Waals surface area (Å²) in [5, 5.41) is 3.64. The van der Waals surface area contributed by atoms with Crippen molar-refractivity contribution in [2.75, 3.05) is 13.2 Å². The lowest BCUT2D eigenvalue weighted by atomic mass is 9.84. The highest BCUT2D eigenvalue weighted by molar-refractivity contribution is 5.40. The average Bonchev–Trinajstić information content (AvgIpc) is 2.79. The third kappa shape index (κ3) is 2.47. The van der Waals surface area contributed by atoms with Gasteiger partial charge in [-0.2, -0.15) is 0 Å². The smallest absolute Gasteiger partial charge is 0.122 e. The molecule has 0 fully saturated rings. The summed E-state index contributed by atoms with van der Waals surface area (Å²) < 4.78 is 5.79. The van der Waals surface area contributed by atoms with Crippen molar-refractivity contribution < 1.29 is 4.74 Å². The van der Waals surface area contributed by atoms with E-state index in [1.165, 1.54) is 12.0 Å². The molecule has 0 aromatic heterocycles. The van der Waals surface area contributed by atoms with E-state index in [0.717, 1.165) is 18.9 Å². The summed E-state index contributed by atoms with van der Waals surface area (Å²) in [6.07, 6.45) is 1.20. The van der Waals surface area contributed by atoms with E-state index in [1.807, 2.05) is 6.07 Å². The topological polar surface area (TPSA) is 21.3 Å². The first kappa shape index (κ1) is 12.4. The number of likely N-dealkylation sites (N-methyl/N-ethyl adjacent to an activating group) is 1. The number of fused-ring (bicyclic) bond motifs is 1. The molecule has 2 nitrogen and oxygen atoms in total. The van der Waals surface area contributed by atoms with Gasteiger partial charge in [-0.1, -0.05) is 45.4 Å². The highest BCUT2D eigenvalue weighted by Crippen LogP contribution is 2.37. The van der Waals surface area contributed by atoms with Crippen molar-refractivity contribution in [2.45, 2.75) is 39.2 Å². The minimum Gasteiger partial charge on any atom is -0.493 e. The minimum atomic E-state index is 0.501. The molecule has 1 aliphatic rings. The van der Waals surface area contributed by atoms with Crippen molar-refractivity contribution in [2.24, 2.45) is 5.92 Å². The Labute approximate surface area is 104 Å². The number of hydrogen-bond acceptors (Lipinski definition) is 2. The van der Waals surface area contributed by atoms with Crippen LogP contribution in [0.2, 0.25) is 0 Å². The highest BCUT2D eigenvalue weighted by Gasteiger charge is 2.33. The lowest BCUT2D eigenvalue weighted by Gasteiger charge is -2.29. The second kappa shape index (κ2) is 5.54. The van der Waals surface area contributed by atoms with Crippen LogP contribution in [0.3, 0.4) is 0 Å². The lowest BCUT2D eigenvalue weighted by Crippen LogP contribution is -2.40. The van der Waals surface area contributed by atoms with Gasteiger partial charge in [0.05, 0.1) is 6.61 Å². The minimum absolute atomic E-state index is 0.501. The van der Waals surface area contributed by atoms with Gasteiger partial charge in [0.1, 0.15) is 5.75 Å². The number of hydrogen-bond donors (Lipinski definition) is 1. The molecule has 0 radical (unpaired) electrons. The summed E-state index contributed by atoms with van der Waals surface area (Å²) in [7, 11) is 0. The summed E-state index contributed by atoms with van der Waals surface area (Å²) in [6.45, 7) is 8.61.